The van der Waals surface area contributed by atoms with Crippen molar-refractivity contribution < 1.29 is 18.0 Å². The van der Waals surface area contributed by atoms with Gasteiger partial charge >= 0.3 is 6.18 Å². The van der Waals surface area contributed by atoms with Crippen LogP contribution < -0.4 is 16.0 Å². The van der Waals surface area contributed by atoms with E-state index in [1.54, 1.807) is 0 Å². The topological polar surface area (TPSA) is 84.1 Å². The van der Waals surface area contributed by atoms with Gasteiger partial charge in [0.25, 0.3) is 0 Å². The van der Waals surface area contributed by atoms with E-state index in [1.807, 2.05) is 4.90 Å². The van der Waals surface area contributed by atoms with Crippen LogP contribution in [0.2, 0.25) is 5.02 Å². The minimum absolute atomic E-state index is 0.0934. The van der Waals surface area contributed by atoms with E-state index in [-0.39, 0.29) is 22.4 Å². The Kier molecular flexibility index (Phi) is 6.52. The second-order valence-corrected chi connectivity index (χ2v) is 8.14. The maximum Gasteiger partial charge on any atom is 0.418 e. The van der Waals surface area contributed by atoms with Crippen LogP contribution in [0.4, 0.5) is 24.8 Å². The van der Waals surface area contributed by atoms with Crippen LogP contribution in [0.15, 0.2) is 24.4 Å². The standard InChI is InChI=1S/C20H23ClF3N5O/c1-11(2)7-13-10-29(6-5-26-13)16-4-3-15(20(22,23)24)17(28-16)18(30)14-8-12(21)9-27-19(14)25/h3-4,8-9,11,13,26H,5-7,10H2,1-2H3,(H2,25,27)/t13-/m0/s1. The zero-order chi connectivity index (χ0) is 22.1. The number of hydrogen-bond donors (Lipinski definition) is 2. The van der Waals surface area contributed by atoms with E-state index in [9.17, 15) is 18.0 Å². The van der Waals surface area contributed by atoms with E-state index in [2.05, 4.69) is 29.1 Å². The van der Waals surface area contributed by atoms with Crippen molar-refractivity contribution in [2.45, 2.75) is 32.5 Å². The maximum absolute atomic E-state index is 13.6. The van der Waals surface area contributed by atoms with Gasteiger partial charge in [-0.25, -0.2) is 9.97 Å². The Morgan fingerprint density at radius 2 is 2.13 bits per heavy atom. The second kappa shape index (κ2) is 8.77. The summed E-state index contributed by atoms with van der Waals surface area (Å²) in [6, 6.07) is 3.58. The molecule has 0 spiro atoms. The number of nitrogens with one attached hydrogen (secondary N) is 1. The Morgan fingerprint density at radius 1 is 1.40 bits per heavy atom. The van der Waals surface area contributed by atoms with Crippen LogP contribution in [0.5, 0.6) is 0 Å². The van der Waals surface area contributed by atoms with Gasteiger partial charge in [-0.15, -0.1) is 0 Å². The number of aromatic nitrogens is 2. The first-order chi connectivity index (χ1) is 14.1. The Balaban J connectivity index is 2.01. The fraction of sp³-hybridized carbons (Fsp3) is 0.450. The number of pyridine rings is 2. The molecule has 0 amide bonds. The number of rotatable bonds is 5. The molecule has 1 atom stereocenters. The first-order valence-corrected chi connectivity index (χ1v) is 9.96. The van der Waals surface area contributed by atoms with Gasteiger partial charge in [-0.2, -0.15) is 13.2 Å². The van der Waals surface area contributed by atoms with Gasteiger partial charge in [-0.1, -0.05) is 25.4 Å². The largest absolute Gasteiger partial charge is 0.418 e. The summed E-state index contributed by atoms with van der Waals surface area (Å²) in [7, 11) is 0. The molecular weight excluding hydrogens is 419 g/mol. The third-order valence-corrected chi connectivity index (χ3v) is 5.07. The molecule has 1 aliphatic rings. The highest BCUT2D eigenvalue weighted by Gasteiger charge is 2.37. The number of nitrogen functional groups attached to an aromatic ring is 1. The summed E-state index contributed by atoms with van der Waals surface area (Å²) >= 11 is 5.86. The molecule has 0 aliphatic carbocycles. The molecule has 3 rings (SSSR count). The van der Waals surface area contributed by atoms with Crippen molar-refractivity contribution in [3.63, 3.8) is 0 Å². The summed E-state index contributed by atoms with van der Waals surface area (Å²) in [5.74, 6) is -0.386. The van der Waals surface area contributed by atoms with Crippen molar-refractivity contribution in [2.75, 3.05) is 30.3 Å². The number of piperazine rings is 1. The Hall–Kier alpha value is -2.39. The number of carbonyl (C=O) groups is 1. The molecular formula is C20H23ClF3N5O. The van der Waals surface area contributed by atoms with Crippen LogP contribution in [-0.4, -0.2) is 41.4 Å². The van der Waals surface area contributed by atoms with Gasteiger partial charge in [-0.3, -0.25) is 4.79 Å². The van der Waals surface area contributed by atoms with E-state index in [0.29, 0.717) is 31.4 Å². The lowest BCUT2D eigenvalue weighted by molar-refractivity contribution is -0.138. The van der Waals surface area contributed by atoms with E-state index < -0.39 is 23.2 Å². The zero-order valence-corrected chi connectivity index (χ0v) is 17.4. The third-order valence-electron chi connectivity index (χ3n) is 4.87. The molecule has 0 saturated carbocycles. The molecule has 2 aromatic heterocycles. The summed E-state index contributed by atoms with van der Waals surface area (Å²) in [6.07, 6.45) is -2.60. The fourth-order valence-corrected chi connectivity index (χ4v) is 3.70. The summed E-state index contributed by atoms with van der Waals surface area (Å²) < 4.78 is 40.8. The van der Waals surface area contributed by atoms with Gasteiger partial charge in [0.05, 0.1) is 16.1 Å². The first-order valence-electron chi connectivity index (χ1n) is 9.58. The Morgan fingerprint density at radius 3 is 2.80 bits per heavy atom. The second-order valence-electron chi connectivity index (χ2n) is 7.71. The van der Waals surface area contributed by atoms with E-state index in [1.165, 1.54) is 18.3 Å². The van der Waals surface area contributed by atoms with Gasteiger partial charge in [0.2, 0.25) is 5.78 Å². The van der Waals surface area contributed by atoms with Crippen LogP contribution in [0.25, 0.3) is 0 Å². The summed E-state index contributed by atoms with van der Waals surface area (Å²) in [5, 5.41) is 3.50. The van der Waals surface area contributed by atoms with Gasteiger partial charge < -0.3 is 16.0 Å². The van der Waals surface area contributed by atoms with Crippen molar-refractivity contribution >= 4 is 29.0 Å². The van der Waals surface area contributed by atoms with Crippen molar-refractivity contribution in [3.05, 3.63) is 46.2 Å². The maximum atomic E-state index is 13.6. The molecule has 30 heavy (non-hydrogen) atoms. The molecule has 6 nitrogen and oxygen atoms in total. The summed E-state index contributed by atoms with van der Waals surface area (Å²) in [5.41, 5.74) is 3.67. The number of ketones is 1. The molecule has 1 aliphatic heterocycles. The van der Waals surface area contributed by atoms with Crippen LogP contribution in [-0.2, 0) is 6.18 Å². The lowest BCUT2D eigenvalue weighted by Crippen LogP contribution is -2.51. The minimum atomic E-state index is -4.75. The van der Waals surface area contributed by atoms with Gasteiger partial charge in [0, 0.05) is 31.9 Å². The highest BCUT2D eigenvalue weighted by molar-refractivity contribution is 6.31. The van der Waals surface area contributed by atoms with Crippen LogP contribution in [0, 0.1) is 5.92 Å². The number of hydrogen-bond acceptors (Lipinski definition) is 6. The number of anilines is 2. The van der Waals surface area contributed by atoms with Crippen molar-refractivity contribution in [2.24, 2.45) is 5.92 Å². The molecule has 1 fully saturated rings. The number of nitrogens with two attached hydrogens (primary N) is 1. The average molecular weight is 442 g/mol. The number of alkyl halides is 3. The molecule has 162 valence electrons. The molecule has 0 unspecified atom stereocenters. The fourth-order valence-electron chi connectivity index (χ4n) is 3.55. The van der Waals surface area contributed by atoms with Crippen LogP contribution in [0.1, 0.15) is 41.9 Å². The molecule has 0 bridgehead atoms. The van der Waals surface area contributed by atoms with Gasteiger partial charge in [0.15, 0.2) is 0 Å². The Bertz CT molecular complexity index is 935. The van der Waals surface area contributed by atoms with Gasteiger partial charge in [0.1, 0.15) is 17.3 Å². The predicted octanol–water partition coefficient (Wildman–Crippen LogP) is 3.79. The Labute approximate surface area is 177 Å². The minimum Gasteiger partial charge on any atom is -0.383 e. The lowest BCUT2D eigenvalue weighted by Gasteiger charge is -2.35. The quantitative estimate of drug-likeness (QED) is 0.687. The monoisotopic (exact) mass is 441 g/mol. The molecule has 10 heteroatoms. The zero-order valence-electron chi connectivity index (χ0n) is 16.6. The summed E-state index contributed by atoms with van der Waals surface area (Å²) in [6.45, 7) is 6.05. The molecule has 3 N–H and O–H groups in total. The summed E-state index contributed by atoms with van der Waals surface area (Å²) in [4.78, 5) is 22.7. The average Bonchev–Trinajstić information content (AvgIpc) is 2.68. The first kappa shape index (κ1) is 22.3. The number of carbonyl (C=O) groups excluding carboxylic acids is 1. The van der Waals surface area contributed by atoms with Crippen LogP contribution in [0.3, 0.4) is 0 Å². The van der Waals surface area contributed by atoms with Gasteiger partial charge in [-0.05, 0) is 30.5 Å². The molecule has 0 radical (unpaired) electrons. The molecule has 1 saturated heterocycles. The highest BCUT2D eigenvalue weighted by atomic mass is 35.5. The predicted molar refractivity (Wildman–Crippen MR) is 110 cm³/mol. The SMILES string of the molecule is CC(C)C[C@H]1CN(c2ccc(C(F)(F)F)c(C(=O)c3cc(Cl)cnc3N)n2)CCN1. The smallest absolute Gasteiger partial charge is 0.383 e. The van der Waals surface area contributed by atoms with E-state index >= 15 is 0 Å². The van der Waals surface area contributed by atoms with Crippen molar-refractivity contribution in [1.82, 2.24) is 15.3 Å². The van der Waals surface area contributed by atoms with Crippen LogP contribution >= 0.6 is 11.6 Å². The molecule has 3 heterocycles. The van der Waals surface area contributed by atoms with Crippen molar-refractivity contribution in [1.29, 1.82) is 0 Å². The van der Waals surface area contributed by atoms with E-state index in [0.717, 1.165) is 12.5 Å². The number of halogens is 4. The molecule has 0 aromatic carbocycles. The van der Waals surface area contributed by atoms with E-state index in [4.69, 9.17) is 17.3 Å². The lowest BCUT2D eigenvalue weighted by atomic mass is 10.0. The number of nitrogens with zero attached hydrogens (tertiary/aromatic N) is 3. The highest BCUT2D eigenvalue weighted by Crippen LogP contribution is 2.34. The normalized spacial score (nSPS) is 17.4. The third kappa shape index (κ3) is 5.02. The molecule has 2 aromatic rings. The van der Waals surface area contributed by atoms with Crippen molar-refractivity contribution in [3.8, 4) is 0 Å².